The molecule has 5 nitrogen and oxygen atoms in total. The van der Waals surface area contributed by atoms with E-state index in [1.807, 2.05) is 6.92 Å². The molecule has 150 valence electrons. The molecule has 1 aromatic carbocycles. The molecular weight excluding hydrogens is 368 g/mol. The van der Waals surface area contributed by atoms with Crippen molar-refractivity contribution in [2.24, 2.45) is 11.8 Å². The third-order valence-electron chi connectivity index (χ3n) is 5.74. The monoisotopic (exact) mass is 398 g/mol. The molecule has 0 aliphatic carbocycles. The van der Waals surface area contributed by atoms with Crippen LogP contribution in [0.1, 0.15) is 67.9 Å². The Labute approximate surface area is 171 Å². The number of fused-ring (bicyclic) bond motifs is 1. The van der Waals surface area contributed by atoms with E-state index in [9.17, 15) is 5.11 Å². The molecule has 0 spiro atoms. The number of benzene rings is 1. The van der Waals surface area contributed by atoms with Gasteiger partial charge in [0.25, 0.3) is 0 Å². The van der Waals surface area contributed by atoms with Crippen LogP contribution < -0.4 is 0 Å². The lowest BCUT2D eigenvalue weighted by Crippen LogP contribution is -2.41. The highest BCUT2D eigenvalue weighted by molar-refractivity contribution is 7.17. The van der Waals surface area contributed by atoms with Crippen molar-refractivity contribution in [1.29, 1.82) is 0 Å². The quantitative estimate of drug-likeness (QED) is 0.672. The summed E-state index contributed by atoms with van der Waals surface area (Å²) in [5, 5.41) is 15.4. The van der Waals surface area contributed by atoms with E-state index in [4.69, 9.17) is 0 Å². The molecule has 0 radical (unpaired) electrons. The second-order valence-electron chi connectivity index (χ2n) is 8.77. The van der Waals surface area contributed by atoms with Crippen molar-refractivity contribution < 1.29 is 5.11 Å². The Kier molecular flexibility index (Phi) is 5.19. The summed E-state index contributed by atoms with van der Waals surface area (Å²) in [5.74, 6) is 2.71. The fraction of sp³-hybridized carbons (Fsp3) is 0.545. The molecule has 0 amide bonds. The van der Waals surface area contributed by atoms with Gasteiger partial charge in [0, 0.05) is 13.1 Å². The second kappa shape index (κ2) is 7.48. The maximum Gasteiger partial charge on any atom is 0.230 e. The van der Waals surface area contributed by atoms with Gasteiger partial charge in [-0.05, 0) is 42.2 Å². The summed E-state index contributed by atoms with van der Waals surface area (Å²) >= 11 is 1.55. The first kappa shape index (κ1) is 19.4. The Balaban J connectivity index is 1.80. The van der Waals surface area contributed by atoms with E-state index in [0.29, 0.717) is 23.6 Å². The van der Waals surface area contributed by atoms with Gasteiger partial charge in [-0.25, -0.2) is 4.98 Å². The van der Waals surface area contributed by atoms with Crippen molar-refractivity contribution in [3.63, 3.8) is 0 Å². The van der Waals surface area contributed by atoms with Crippen LogP contribution in [0.3, 0.4) is 0 Å². The van der Waals surface area contributed by atoms with Gasteiger partial charge < -0.3 is 5.11 Å². The summed E-state index contributed by atoms with van der Waals surface area (Å²) < 4.78 is 1.58. The summed E-state index contributed by atoms with van der Waals surface area (Å²) in [5.41, 5.74) is 2.56. The third-order valence-corrected chi connectivity index (χ3v) is 6.81. The number of piperidine rings is 1. The maximum absolute atomic E-state index is 11.0. The molecule has 3 atom stereocenters. The zero-order valence-corrected chi connectivity index (χ0v) is 18.2. The number of rotatable bonds is 4. The van der Waals surface area contributed by atoms with Gasteiger partial charge in [-0.3, -0.25) is 4.90 Å². The molecule has 0 unspecified atom stereocenters. The molecule has 3 aromatic rings. The van der Waals surface area contributed by atoms with Gasteiger partial charge in [-0.1, -0.05) is 63.3 Å². The van der Waals surface area contributed by atoms with E-state index in [1.54, 1.807) is 15.9 Å². The number of aromatic hydroxyl groups is 1. The lowest BCUT2D eigenvalue weighted by molar-refractivity contribution is 0.112. The number of hydrogen-bond acceptors (Lipinski definition) is 5. The summed E-state index contributed by atoms with van der Waals surface area (Å²) in [6.07, 6.45) is 1.26. The minimum atomic E-state index is 0.0280. The van der Waals surface area contributed by atoms with Gasteiger partial charge >= 0.3 is 0 Å². The molecule has 0 bridgehead atoms. The van der Waals surface area contributed by atoms with Crippen molar-refractivity contribution in [1.82, 2.24) is 19.5 Å². The number of aryl methyl sites for hydroxylation is 1. The second-order valence-corrected chi connectivity index (χ2v) is 9.78. The van der Waals surface area contributed by atoms with Crippen LogP contribution in [-0.2, 0) is 0 Å². The molecule has 4 rings (SSSR count). The molecule has 1 aliphatic heterocycles. The molecule has 1 saturated heterocycles. The highest BCUT2D eigenvalue weighted by Gasteiger charge is 2.33. The van der Waals surface area contributed by atoms with E-state index in [-0.39, 0.29) is 11.9 Å². The average Bonchev–Trinajstić information content (AvgIpc) is 3.13. The number of nitrogens with zero attached hydrogens (tertiary/aromatic N) is 4. The maximum atomic E-state index is 11.0. The molecule has 1 aliphatic rings. The first-order chi connectivity index (χ1) is 13.3. The Morgan fingerprint density at radius 2 is 1.68 bits per heavy atom. The molecule has 1 fully saturated rings. The highest BCUT2D eigenvalue weighted by atomic mass is 32.1. The smallest absolute Gasteiger partial charge is 0.230 e. The lowest BCUT2D eigenvalue weighted by Gasteiger charge is -2.40. The van der Waals surface area contributed by atoms with Crippen molar-refractivity contribution in [2.45, 2.75) is 53.0 Å². The van der Waals surface area contributed by atoms with Crippen LogP contribution in [0.2, 0.25) is 0 Å². The zero-order chi connectivity index (χ0) is 20.0. The Bertz CT molecular complexity index is 949. The highest BCUT2D eigenvalue weighted by Crippen LogP contribution is 2.42. The Morgan fingerprint density at radius 1 is 1.07 bits per heavy atom. The SMILES string of the molecule is Cc1nc2sc([C@H](c3ccc(C(C)C)cc3)N3C[C@H](C)C[C@@H](C)C3)c(O)n2n1. The van der Waals surface area contributed by atoms with Gasteiger partial charge in [-0.2, -0.15) is 4.52 Å². The minimum Gasteiger partial charge on any atom is -0.492 e. The standard InChI is InChI=1S/C22H30N4OS/c1-13(2)17-6-8-18(9-7-17)19(25-11-14(3)10-15(4)12-25)20-21(27)26-22(28-20)23-16(5)24-26/h6-9,13-15,19,27H,10-12H2,1-5H3/t14-,15-,19+/m1/s1. The van der Waals surface area contributed by atoms with Crippen molar-refractivity contribution in [3.05, 3.63) is 46.1 Å². The van der Waals surface area contributed by atoms with Crippen molar-refractivity contribution >= 4 is 16.3 Å². The third kappa shape index (κ3) is 3.55. The van der Waals surface area contributed by atoms with Gasteiger partial charge in [0.1, 0.15) is 5.82 Å². The van der Waals surface area contributed by atoms with Crippen LogP contribution in [0.5, 0.6) is 5.88 Å². The molecule has 1 N–H and O–H groups in total. The molecule has 3 heterocycles. The van der Waals surface area contributed by atoms with Crippen LogP contribution in [0.4, 0.5) is 0 Å². The van der Waals surface area contributed by atoms with E-state index in [2.05, 4.69) is 66.9 Å². The normalized spacial score (nSPS) is 22.2. The van der Waals surface area contributed by atoms with Crippen molar-refractivity contribution in [2.75, 3.05) is 13.1 Å². The zero-order valence-electron chi connectivity index (χ0n) is 17.4. The van der Waals surface area contributed by atoms with Crippen LogP contribution in [-0.4, -0.2) is 37.7 Å². The summed E-state index contributed by atoms with van der Waals surface area (Å²) in [6.45, 7) is 13.0. The Hall–Kier alpha value is -1.92. The summed E-state index contributed by atoms with van der Waals surface area (Å²) in [4.78, 5) is 8.70. The fourth-order valence-electron chi connectivity index (χ4n) is 4.54. The van der Waals surface area contributed by atoms with E-state index in [0.717, 1.165) is 22.9 Å². The largest absolute Gasteiger partial charge is 0.492 e. The average molecular weight is 399 g/mol. The van der Waals surface area contributed by atoms with Crippen LogP contribution in [0.15, 0.2) is 24.3 Å². The molecule has 0 saturated carbocycles. The fourth-order valence-corrected chi connectivity index (χ4v) is 5.70. The minimum absolute atomic E-state index is 0.0280. The van der Waals surface area contributed by atoms with E-state index >= 15 is 0 Å². The van der Waals surface area contributed by atoms with Crippen LogP contribution in [0, 0.1) is 18.8 Å². The topological polar surface area (TPSA) is 53.7 Å². The van der Waals surface area contributed by atoms with Gasteiger partial charge in [0.05, 0.1) is 10.9 Å². The molecule has 28 heavy (non-hydrogen) atoms. The Morgan fingerprint density at radius 3 is 2.25 bits per heavy atom. The van der Waals surface area contributed by atoms with E-state index < -0.39 is 0 Å². The van der Waals surface area contributed by atoms with Gasteiger partial charge in [-0.15, -0.1) is 5.10 Å². The number of hydrogen-bond donors (Lipinski definition) is 1. The predicted molar refractivity (Wildman–Crippen MR) is 114 cm³/mol. The molecule has 2 aromatic heterocycles. The predicted octanol–water partition coefficient (Wildman–Crippen LogP) is 5.00. The van der Waals surface area contributed by atoms with Gasteiger partial charge in [0.15, 0.2) is 0 Å². The number of likely N-dealkylation sites (tertiary alicyclic amines) is 1. The lowest BCUT2D eigenvalue weighted by atomic mass is 9.89. The van der Waals surface area contributed by atoms with Crippen LogP contribution >= 0.6 is 11.3 Å². The summed E-state index contributed by atoms with van der Waals surface area (Å²) in [7, 11) is 0. The first-order valence-corrected chi connectivity index (χ1v) is 11.0. The number of aromatic nitrogens is 3. The number of thiazole rings is 1. The first-order valence-electron chi connectivity index (χ1n) is 10.2. The van der Waals surface area contributed by atoms with E-state index in [1.165, 1.54) is 17.5 Å². The van der Waals surface area contributed by atoms with Crippen LogP contribution in [0.25, 0.3) is 4.96 Å². The molecular formula is C22H30N4OS. The van der Waals surface area contributed by atoms with Gasteiger partial charge in [0.2, 0.25) is 10.8 Å². The van der Waals surface area contributed by atoms with Crippen molar-refractivity contribution in [3.8, 4) is 5.88 Å². The summed E-state index contributed by atoms with van der Waals surface area (Å²) in [6, 6.07) is 8.93. The molecule has 6 heteroatoms.